The van der Waals surface area contributed by atoms with Crippen LogP contribution in [0.4, 0.5) is 5.69 Å². The minimum atomic E-state index is -0.799. The molecule has 1 saturated carbocycles. The van der Waals surface area contributed by atoms with Crippen molar-refractivity contribution in [2.75, 3.05) is 11.4 Å². The lowest BCUT2D eigenvalue weighted by molar-refractivity contribution is -0.130. The van der Waals surface area contributed by atoms with Gasteiger partial charge in [0.25, 0.3) is 5.91 Å². The third-order valence-electron chi connectivity index (χ3n) is 4.25. The van der Waals surface area contributed by atoms with Gasteiger partial charge in [-0.1, -0.05) is 11.6 Å². The summed E-state index contributed by atoms with van der Waals surface area (Å²) >= 11 is 9.42. The largest absolute Gasteiger partial charge is 0.342 e. The van der Waals surface area contributed by atoms with E-state index in [-0.39, 0.29) is 17.7 Å². The Hall–Kier alpha value is -1.07. The van der Waals surface area contributed by atoms with Gasteiger partial charge in [-0.25, -0.2) is 0 Å². The fraction of sp³-hybridized carbons (Fsp3) is 0.467. The van der Waals surface area contributed by atoms with Crippen LogP contribution in [-0.2, 0) is 9.59 Å². The molecule has 6 heteroatoms. The molecule has 2 aliphatic rings. The smallest absolute Gasteiger partial charge is 0.252 e. The molecular formula is C15H16BrClN2O2. The first kappa shape index (κ1) is 14.9. The summed E-state index contributed by atoms with van der Waals surface area (Å²) in [5, 5.41) is 3.53. The van der Waals surface area contributed by atoms with Crippen molar-refractivity contribution in [2.24, 2.45) is 5.92 Å². The average Bonchev–Trinajstić information content (AvgIpc) is 3.24. The summed E-state index contributed by atoms with van der Waals surface area (Å²) < 4.78 is 0.760. The Morgan fingerprint density at radius 1 is 1.38 bits per heavy atom. The molecule has 1 aliphatic heterocycles. The zero-order valence-electron chi connectivity index (χ0n) is 11.7. The Bertz CT molecular complexity index is 618. The number of rotatable bonds is 2. The Morgan fingerprint density at radius 3 is 2.71 bits per heavy atom. The van der Waals surface area contributed by atoms with Crippen LogP contribution < -0.4 is 10.2 Å². The molecule has 2 amide bonds. The average molecular weight is 372 g/mol. The summed E-state index contributed by atoms with van der Waals surface area (Å²) in [6, 6.07) is 5.33. The summed E-state index contributed by atoms with van der Waals surface area (Å²) in [6.45, 7) is 2.22. The number of amides is 2. The Labute approximate surface area is 137 Å². The molecule has 21 heavy (non-hydrogen) atoms. The zero-order valence-corrected chi connectivity index (χ0v) is 14.0. The number of hydrogen-bond acceptors (Lipinski definition) is 2. The molecule has 1 atom stereocenters. The fourth-order valence-electron chi connectivity index (χ4n) is 2.87. The normalized spacial score (nSPS) is 26.5. The van der Waals surface area contributed by atoms with Gasteiger partial charge in [-0.2, -0.15) is 0 Å². The minimum absolute atomic E-state index is 0.0427. The van der Waals surface area contributed by atoms with E-state index < -0.39 is 5.54 Å². The van der Waals surface area contributed by atoms with E-state index in [2.05, 4.69) is 21.2 Å². The molecule has 1 aliphatic carbocycles. The number of carbonyl (C=O) groups excluding carboxylic acids is 2. The third-order valence-corrected chi connectivity index (χ3v) is 5.12. The summed E-state index contributed by atoms with van der Waals surface area (Å²) in [4.78, 5) is 26.6. The van der Waals surface area contributed by atoms with Crippen LogP contribution in [-0.4, -0.2) is 23.9 Å². The van der Waals surface area contributed by atoms with Crippen LogP contribution in [0.2, 0.25) is 5.02 Å². The molecule has 1 unspecified atom stereocenters. The number of hydrogen-bond donors (Lipinski definition) is 1. The minimum Gasteiger partial charge on any atom is -0.342 e. The monoisotopic (exact) mass is 370 g/mol. The van der Waals surface area contributed by atoms with Gasteiger partial charge in [0.05, 0.1) is 5.69 Å². The SMILES string of the molecule is CC1(C2CC2)NC(=O)CCN(c2ccc(Cl)cc2Br)C1=O. The lowest BCUT2D eigenvalue weighted by Gasteiger charge is -2.32. The van der Waals surface area contributed by atoms with E-state index >= 15 is 0 Å². The van der Waals surface area contributed by atoms with E-state index in [0.29, 0.717) is 18.0 Å². The van der Waals surface area contributed by atoms with Gasteiger partial charge in [0.1, 0.15) is 5.54 Å². The molecule has 1 N–H and O–H groups in total. The lowest BCUT2D eigenvalue weighted by Crippen LogP contribution is -2.57. The topological polar surface area (TPSA) is 49.4 Å². The zero-order chi connectivity index (χ0) is 15.2. The van der Waals surface area contributed by atoms with Crippen molar-refractivity contribution in [1.29, 1.82) is 0 Å². The highest BCUT2D eigenvalue weighted by atomic mass is 79.9. The van der Waals surface area contributed by atoms with E-state index in [1.165, 1.54) is 0 Å². The predicted octanol–water partition coefficient (Wildman–Crippen LogP) is 3.12. The van der Waals surface area contributed by atoms with Crippen molar-refractivity contribution in [3.05, 3.63) is 27.7 Å². The fourth-order valence-corrected chi connectivity index (χ4v) is 3.76. The van der Waals surface area contributed by atoms with Crippen LogP contribution >= 0.6 is 27.5 Å². The maximum Gasteiger partial charge on any atom is 0.252 e. The van der Waals surface area contributed by atoms with Crippen molar-refractivity contribution in [1.82, 2.24) is 5.32 Å². The molecule has 0 aromatic heterocycles. The van der Waals surface area contributed by atoms with Crippen molar-refractivity contribution < 1.29 is 9.59 Å². The van der Waals surface area contributed by atoms with Gasteiger partial charge in [0.2, 0.25) is 5.91 Å². The standard InChI is InChI=1S/C15H16BrClN2O2/c1-15(9-2-3-9)14(21)19(7-6-13(20)18-15)12-5-4-10(17)8-11(12)16/h4-5,8-9H,2-3,6-7H2,1H3,(H,18,20). The molecule has 1 aromatic carbocycles. The highest BCUT2D eigenvalue weighted by Crippen LogP contribution is 2.42. The van der Waals surface area contributed by atoms with E-state index in [1.54, 1.807) is 17.0 Å². The van der Waals surface area contributed by atoms with Crippen LogP contribution in [0.25, 0.3) is 0 Å². The number of carbonyl (C=O) groups is 2. The number of nitrogens with one attached hydrogen (secondary N) is 1. The van der Waals surface area contributed by atoms with Gasteiger partial charge in [-0.05, 0) is 59.8 Å². The van der Waals surface area contributed by atoms with Crippen LogP contribution in [0.15, 0.2) is 22.7 Å². The van der Waals surface area contributed by atoms with Gasteiger partial charge in [0, 0.05) is 22.5 Å². The number of halogens is 2. The molecule has 2 fully saturated rings. The second kappa shape index (κ2) is 5.29. The van der Waals surface area contributed by atoms with Crippen LogP contribution in [0.5, 0.6) is 0 Å². The number of nitrogens with zero attached hydrogens (tertiary/aromatic N) is 1. The maximum atomic E-state index is 13.0. The summed E-state index contributed by atoms with van der Waals surface area (Å²) in [7, 11) is 0. The molecule has 0 radical (unpaired) electrons. The molecule has 1 saturated heterocycles. The first-order valence-corrected chi connectivity index (χ1v) is 8.17. The van der Waals surface area contributed by atoms with Crippen LogP contribution in [0.1, 0.15) is 26.2 Å². The van der Waals surface area contributed by atoms with Gasteiger partial charge < -0.3 is 10.2 Å². The maximum absolute atomic E-state index is 13.0. The van der Waals surface area contributed by atoms with Crippen molar-refractivity contribution in [2.45, 2.75) is 31.7 Å². The van der Waals surface area contributed by atoms with Gasteiger partial charge in [0.15, 0.2) is 0 Å². The molecule has 4 nitrogen and oxygen atoms in total. The lowest BCUT2D eigenvalue weighted by atomic mass is 9.94. The molecule has 0 bridgehead atoms. The Morgan fingerprint density at radius 2 is 2.10 bits per heavy atom. The van der Waals surface area contributed by atoms with Crippen LogP contribution in [0.3, 0.4) is 0 Å². The quantitative estimate of drug-likeness (QED) is 0.868. The number of anilines is 1. The molecule has 0 spiro atoms. The first-order valence-electron chi connectivity index (χ1n) is 7.00. The number of benzene rings is 1. The van der Waals surface area contributed by atoms with Gasteiger partial charge in [-0.15, -0.1) is 0 Å². The van der Waals surface area contributed by atoms with E-state index in [4.69, 9.17) is 11.6 Å². The molecule has 112 valence electrons. The molecule has 1 heterocycles. The van der Waals surface area contributed by atoms with Crippen LogP contribution in [0, 0.1) is 5.92 Å². The Balaban J connectivity index is 2.00. The summed E-state index contributed by atoms with van der Waals surface area (Å²) in [5.74, 6) is 0.129. The van der Waals surface area contributed by atoms with Crippen molar-refractivity contribution >= 4 is 45.0 Å². The molecule has 1 aromatic rings. The highest BCUT2D eigenvalue weighted by Gasteiger charge is 2.51. The van der Waals surface area contributed by atoms with E-state index in [9.17, 15) is 9.59 Å². The predicted molar refractivity (Wildman–Crippen MR) is 85.4 cm³/mol. The third kappa shape index (κ3) is 2.69. The Kier molecular flexibility index (Phi) is 3.74. The second-order valence-electron chi connectivity index (χ2n) is 5.83. The van der Waals surface area contributed by atoms with Crippen molar-refractivity contribution in [3.8, 4) is 0 Å². The van der Waals surface area contributed by atoms with Gasteiger partial charge in [-0.3, -0.25) is 9.59 Å². The molecular weight excluding hydrogens is 356 g/mol. The van der Waals surface area contributed by atoms with E-state index in [0.717, 1.165) is 23.0 Å². The summed E-state index contributed by atoms with van der Waals surface area (Å²) in [5.41, 5.74) is -0.0417. The molecule has 3 rings (SSSR count). The van der Waals surface area contributed by atoms with Gasteiger partial charge >= 0.3 is 0 Å². The first-order chi connectivity index (χ1) is 9.91. The second-order valence-corrected chi connectivity index (χ2v) is 7.12. The highest BCUT2D eigenvalue weighted by molar-refractivity contribution is 9.10. The van der Waals surface area contributed by atoms with E-state index in [1.807, 2.05) is 13.0 Å². The summed E-state index contributed by atoms with van der Waals surface area (Å²) in [6.07, 6.45) is 2.28. The van der Waals surface area contributed by atoms with Crippen molar-refractivity contribution in [3.63, 3.8) is 0 Å².